The lowest BCUT2D eigenvalue weighted by atomic mass is 9.91. The summed E-state index contributed by atoms with van der Waals surface area (Å²) >= 11 is 0. The van der Waals surface area contributed by atoms with Gasteiger partial charge < -0.3 is 10.2 Å². The quantitative estimate of drug-likeness (QED) is 0.852. The second-order valence-electron chi connectivity index (χ2n) is 7.76. The molecule has 146 valence electrons. The van der Waals surface area contributed by atoms with Crippen LogP contribution < -0.4 is 5.32 Å². The average molecular weight is 380 g/mol. The third-order valence-corrected chi connectivity index (χ3v) is 5.74. The maximum atomic E-state index is 13.0. The standard InChI is InChI=1S/C21H33N3O.ClH/c1-3-7-20-16-24(21(25)19-10-11-22-17(2)14-19)13-12-23(20)15-18-8-5-4-6-9-18;/h4-6,8-9,17,19-20,22H,3,7,10-16H2,1-2H3;1H/t17-,19-,20?;/m0./s1. The Bertz CT molecular complexity index is 553. The predicted molar refractivity (Wildman–Crippen MR) is 110 cm³/mol. The van der Waals surface area contributed by atoms with Gasteiger partial charge in [-0.3, -0.25) is 9.69 Å². The van der Waals surface area contributed by atoms with E-state index in [4.69, 9.17) is 0 Å². The van der Waals surface area contributed by atoms with Gasteiger partial charge in [-0.25, -0.2) is 0 Å². The van der Waals surface area contributed by atoms with Crippen LogP contribution in [0.25, 0.3) is 0 Å². The lowest BCUT2D eigenvalue weighted by molar-refractivity contribution is -0.140. The van der Waals surface area contributed by atoms with Gasteiger partial charge in [0, 0.05) is 44.2 Å². The van der Waals surface area contributed by atoms with Gasteiger partial charge in [0.15, 0.2) is 0 Å². The van der Waals surface area contributed by atoms with Crippen molar-refractivity contribution in [1.82, 2.24) is 15.1 Å². The van der Waals surface area contributed by atoms with Gasteiger partial charge in [0.2, 0.25) is 5.91 Å². The highest BCUT2D eigenvalue weighted by atomic mass is 35.5. The Labute approximate surface area is 164 Å². The minimum absolute atomic E-state index is 0. The van der Waals surface area contributed by atoms with Gasteiger partial charge in [0.25, 0.3) is 0 Å². The summed E-state index contributed by atoms with van der Waals surface area (Å²) in [6.07, 6.45) is 4.31. The molecular weight excluding hydrogens is 346 g/mol. The van der Waals surface area contributed by atoms with E-state index in [2.05, 4.69) is 59.3 Å². The minimum Gasteiger partial charge on any atom is -0.340 e. The molecule has 0 saturated carbocycles. The van der Waals surface area contributed by atoms with Crippen LogP contribution in [0.2, 0.25) is 0 Å². The number of hydrogen-bond donors (Lipinski definition) is 1. The molecular formula is C21H34ClN3O. The van der Waals surface area contributed by atoms with E-state index in [1.165, 1.54) is 18.4 Å². The van der Waals surface area contributed by atoms with Crippen LogP contribution in [0.15, 0.2) is 30.3 Å². The molecule has 0 bridgehead atoms. The summed E-state index contributed by atoms with van der Waals surface area (Å²) in [5.41, 5.74) is 1.37. The third kappa shape index (κ3) is 5.45. The van der Waals surface area contributed by atoms with Crippen molar-refractivity contribution in [3.05, 3.63) is 35.9 Å². The van der Waals surface area contributed by atoms with E-state index in [0.717, 1.165) is 45.6 Å². The number of piperazine rings is 1. The molecule has 2 aliphatic rings. The number of hydrogen-bond acceptors (Lipinski definition) is 3. The zero-order chi connectivity index (χ0) is 17.6. The zero-order valence-electron chi connectivity index (χ0n) is 16.2. The molecule has 1 amide bonds. The second-order valence-corrected chi connectivity index (χ2v) is 7.76. The fourth-order valence-electron chi connectivity index (χ4n) is 4.34. The van der Waals surface area contributed by atoms with Crippen LogP contribution in [-0.2, 0) is 11.3 Å². The van der Waals surface area contributed by atoms with E-state index >= 15 is 0 Å². The largest absolute Gasteiger partial charge is 0.340 e. The molecule has 0 aliphatic carbocycles. The number of nitrogens with one attached hydrogen (secondary N) is 1. The molecule has 1 N–H and O–H groups in total. The van der Waals surface area contributed by atoms with Crippen molar-refractivity contribution in [2.45, 2.75) is 58.2 Å². The Hall–Kier alpha value is -1.10. The van der Waals surface area contributed by atoms with E-state index in [1.807, 2.05) is 0 Å². The lowest BCUT2D eigenvalue weighted by Crippen LogP contribution is -2.56. The zero-order valence-corrected chi connectivity index (χ0v) is 17.0. The monoisotopic (exact) mass is 379 g/mol. The van der Waals surface area contributed by atoms with Gasteiger partial charge in [-0.05, 0) is 38.3 Å². The first-order valence-corrected chi connectivity index (χ1v) is 9.97. The predicted octanol–water partition coefficient (Wildman–Crippen LogP) is 3.31. The van der Waals surface area contributed by atoms with Crippen LogP contribution in [0.3, 0.4) is 0 Å². The molecule has 26 heavy (non-hydrogen) atoms. The highest BCUT2D eigenvalue weighted by Gasteiger charge is 2.33. The maximum Gasteiger partial charge on any atom is 0.225 e. The van der Waals surface area contributed by atoms with Crippen LogP contribution in [0.1, 0.15) is 45.1 Å². The van der Waals surface area contributed by atoms with Gasteiger partial charge in [-0.2, -0.15) is 0 Å². The van der Waals surface area contributed by atoms with Gasteiger partial charge in [0.1, 0.15) is 0 Å². The highest BCUT2D eigenvalue weighted by molar-refractivity contribution is 5.85. The molecule has 0 radical (unpaired) electrons. The number of amides is 1. The lowest BCUT2D eigenvalue weighted by Gasteiger charge is -2.43. The van der Waals surface area contributed by atoms with Crippen molar-refractivity contribution in [2.75, 3.05) is 26.2 Å². The van der Waals surface area contributed by atoms with Crippen LogP contribution in [-0.4, -0.2) is 54.0 Å². The number of halogens is 1. The summed E-state index contributed by atoms with van der Waals surface area (Å²) in [5, 5.41) is 3.45. The Balaban J connectivity index is 0.00000243. The molecule has 1 unspecified atom stereocenters. The molecule has 4 nitrogen and oxygen atoms in total. The molecule has 5 heteroatoms. The molecule has 0 aromatic heterocycles. The summed E-state index contributed by atoms with van der Waals surface area (Å²) in [6.45, 7) is 9.18. The number of piperidine rings is 1. The van der Waals surface area contributed by atoms with E-state index < -0.39 is 0 Å². The number of benzene rings is 1. The van der Waals surface area contributed by atoms with Crippen LogP contribution in [0, 0.1) is 5.92 Å². The number of carbonyl (C=O) groups is 1. The Morgan fingerprint density at radius 2 is 2.00 bits per heavy atom. The van der Waals surface area contributed by atoms with Crippen molar-refractivity contribution >= 4 is 18.3 Å². The first kappa shape index (κ1) is 21.2. The van der Waals surface area contributed by atoms with Crippen molar-refractivity contribution in [1.29, 1.82) is 0 Å². The van der Waals surface area contributed by atoms with Crippen LogP contribution in [0.5, 0.6) is 0 Å². The van der Waals surface area contributed by atoms with E-state index in [-0.39, 0.29) is 18.3 Å². The van der Waals surface area contributed by atoms with Crippen molar-refractivity contribution < 1.29 is 4.79 Å². The summed E-state index contributed by atoms with van der Waals surface area (Å²) < 4.78 is 0. The second kappa shape index (κ2) is 10.3. The fourth-order valence-corrected chi connectivity index (χ4v) is 4.34. The topological polar surface area (TPSA) is 35.6 Å². The fraction of sp³-hybridized carbons (Fsp3) is 0.667. The summed E-state index contributed by atoms with van der Waals surface area (Å²) in [7, 11) is 0. The van der Waals surface area contributed by atoms with Gasteiger partial charge in [-0.15, -0.1) is 12.4 Å². The van der Waals surface area contributed by atoms with E-state index in [9.17, 15) is 4.79 Å². The normalized spacial score (nSPS) is 27.0. The molecule has 2 saturated heterocycles. The molecule has 2 aliphatic heterocycles. The van der Waals surface area contributed by atoms with E-state index in [1.54, 1.807) is 0 Å². The van der Waals surface area contributed by atoms with E-state index in [0.29, 0.717) is 18.0 Å². The molecule has 3 rings (SSSR count). The Kier molecular flexibility index (Phi) is 8.39. The van der Waals surface area contributed by atoms with Gasteiger partial charge >= 0.3 is 0 Å². The summed E-state index contributed by atoms with van der Waals surface area (Å²) in [5.74, 6) is 0.619. The summed E-state index contributed by atoms with van der Waals surface area (Å²) in [4.78, 5) is 17.7. The number of nitrogens with zero attached hydrogens (tertiary/aromatic N) is 2. The molecule has 3 atom stereocenters. The first-order chi connectivity index (χ1) is 12.2. The average Bonchev–Trinajstić information content (AvgIpc) is 2.63. The van der Waals surface area contributed by atoms with Crippen molar-refractivity contribution in [3.8, 4) is 0 Å². The van der Waals surface area contributed by atoms with Crippen LogP contribution >= 0.6 is 12.4 Å². The molecule has 2 heterocycles. The third-order valence-electron chi connectivity index (χ3n) is 5.74. The maximum absolute atomic E-state index is 13.0. The highest BCUT2D eigenvalue weighted by Crippen LogP contribution is 2.23. The molecule has 0 spiro atoms. The molecule has 1 aromatic rings. The number of rotatable bonds is 5. The molecule has 2 fully saturated rings. The Morgan fingerprint density at radius 3 is 2.69 bits per heavy atom. The summed E-state index contributed by atoms with van der Waals surface area (Å²) in [6, 6.07) is 11.7. The Morgan fingerprint density at radius 1 is 1.23 bits per heavy atom. The van der Waals surface area contributed by atoms with Gasteiger partial charge in [-0.1, -0.05) is 43.7 Å². The number of carbonyl (C=O) groups excluding carboxylic acids is 1. The first-order valence-electron chi connectivity index (χ1n) is 9.97. The van der Waals surface area contributed by atoms with Gasteiger partial charge in [0.05, 0.1) is 0 Å². The minimum atomic E-state index is 0. The molecule has 1 aromatic carbocycles. The van der Waals surface area contributed by atoms with Crippen molar-refractivity contribution in [3.63, 3.8) is 0 Å². The van der Waals surface area contributed by atoms with Crippen molar-refractivity contribution in [2.24, 2.45) is 5.92 Å². The SMILES string of the molecule is CCCC1CN(C(=O)[C@H]2CCN[C@@H](C)C2)CCN1Cc1ccccc1.Cl. The van der Waals surface area contributed by atoms with Crippen LogP contribution in [0.4, 0.5) is 0 Å². The smallest absolute Gasteiger partial charge is 0.225 e.